The van der Waals surface area contributed by atoms with E-state index in [0.717, 1.165) is 33.5 Å². The van der Waals surface area contributed by atoms with Crippen molar-refractivity contribution in [1.29, 1.82) is 5.26 Å². The van der Waals surface area contributed by atoms with E-state index in [1.54, 1.807) is 0 Å². The molecule has 0 spiro atoms. The first-order valence-corrected chi connectivity index (χ1v) is 11.1. The lowest BCUT2D eigenvalue weighted by Gasteiger charge is -2.24. The SMILES string of the molecule is Cc1ccc(-c2[nH]nc3c2[C@@H](c2cccc(OCc4ccccc4C)c2)C(C#N)=C(N)O3)cc1. The molecule has 0 aliphatic carbocycles. The van der Waals surface area contributed by atoms with E-state index in [2.05, 4.69) is 35.3 Å². The topological polar surface area (TPSA) is 97.0 Å². The minimum Gasteiger partial charge on any atom is -0.489 e. The van der Waals surface area contributed by atoms with Gasteiger partial charge < -0.3 is 15.2 Å². The highest BCUT2D eigenvalue weighted by atomic mass is 16.5. The smallest absolute Gasteiger partial charge is 0.244 e. The van der Waals surface area contributed by atoms with Crippen molar-refractivity contribution in [3.8, 4) is 29.0 Å². The number of nitrogens with zero attached hydrogens (tertiary/aromatic N) is 2. The Bertz CT molecular complexity index is 1430. The number of nitrogens with one attached hydrogen (secondary N) is 1. The zero-order valence-corrected chi connectivity index (χ0v) is 19.0. The molecule has 1 aromatic heterocycles. The number of hydrogen-bond acceptors (Lipinski definition) is 5. The summed E-state index contributed by atoms with van der Waals surface area (Å²) in [6.07, 6.45) is 0. The fourth-order valence-electron chi connectivity index (χ4n) is 4.24. The van der Waals surface area contributed by atoms with Crippen molar-refractivity contribution >= 4 is 0 Å². The number of aromatic amines is 1. The predicted octanol–water partition coefficient (Wildman–Crippen LogP) is 5.49. The van der Waals surface area contributed by atoms with Crippen LogP contribution in [0.3, 0.4) is 0 Å². The monoisotopic (exact) mass is 448 g/mol. The summed E-state index contributed by atoms with van der Waals surface area (Å²) in [5.74, 6) is 0.715. The number of ether oxygens (including phenoxy) is 2. The van der Waals surface area contributed by atoms with Crippen LogP contribution in [0, 0.1) is 25.2 Å². The molecule has 0 amide bonds. The number of H-pyrrole nitrogens is 1. The summed E-state index contributed by atoms with van der Waals surface area (Å²) in [5, 5.41) is 17.4. The van der Waals surface area contributed by atoms with E-state index >= 15 is 0 Å². The quantitative estimate of drug-likeness (QED) is 0.421. The molecule has 34 heavy (non-hydrogen) atoms. The fourth-order valence-corrected chi connectivity index (χ4v) is 4.24. The highest BCUT2D eigenvalue weighted by Gasteiger charge is 2.35. The van der Waals surface area contributed by atoms with Crippen LogP contribution in [0.25, 0.3) is 11.3 Å². The van der Waals surface area contributed by atoms with Crippen LogP contribution < -0.4 is 15.2 Å². The number of allylic oxidation sites excluding steroid dienone is 1. The maximum Gasteiger partial charge on any atom is 0.244 e. The molecule has 5 rings (SSSR count). The molecule has 2 heterocycles. The van der Waals surface area contributed by atoms with Crippen molar-refractivity contribution in [3.05, 3.63) is 112 Å². The van der Waals surface area contributed by atoms with Crippen molar-refractivity contribution in [2.75, 3.05) is 0 Å². The summed E-state index contributed by atoms with van der Waals surface area (Å²) in [6.45, 7) is 4.56. The number of nitrogens with two attached hydrogens (primary N) is 1. The zero-order chi connectivity index (χ0) is 23.7. The van der Waals surface area contributed by atoms with Gasteiger partial charge in [0.05, 0.1) is 17.2 Å². The van der Waals surface area contributed by atoms with E-state index in [1.165, 1.54) is 5.56 Å². The van der Waals surface area contributed by atoms with E-state index in [1.807, 2.05) is 67.6 Å². The molecular formula is C28H24N4O2. The van der Waals surface area contributed by atoms with Crippen molar-refractivity contribution in [1.82, 2.24) is 10.2 Å². The van der Waals surface area contributed by atoms with Gasteiger partial charge in [-0.05, 0) is 42.7 Å². The minimum atomic E-state index is -0.439. The molecule has 6 heteroatoms. The lowest BCUT2D eigenvalue weighted by atomic mass is 9.83. The lowest BCUT2D eigenvalue weighted by molar-refractivity contribution is 0.305. The summed E-state index contributed by atoms with van der Waals surface area (Å²) >= 11 is 0. The first-order chi connectivity index (χ1) is 16.5. The summed E-state index contributed by atoms with van der Waals surface area (Å²) in [5.41, 5.74) is 13.4. The Kier molecular flexibility index (Phi) is 5.52. The summed E-state index contributed by atoms with van der Waals surface area (Å²) in [7, 11) is 0. The average Bonchev–Trinajstić information content (AvgIpc) is 3.26. The zero-order valence-electron chi connectivity index (χ0n) is 19.0. The van der Waals surface area contributed by atoms with Crippen LogP contribution in [-0.4, -0.2) is 10.2 Å². The van der Waals surface area contributed by atoms with Gasteiger partial charge in [-0.25, -0.2) is 0 Å². The molecule has 1 atom stereocenters. The number of fused-ring (bicyclic) bond motifs is 1. The Morgan fingerprint density at radius 2 is 1.85 bits per heavy atom. The molecule has 0 saturated heterocycles. The molecule has 0 bridgehead atoms. The van der Waals surface area contributed by atoms with E-state index in [0.29, 0.717) is 23.8 Å². The summed E-state index contributed by atoms with van der Waals surface area (Å²) in [6, 6.07) is 26.3. The van der Waals surface area contributed by atoms with Crippen LogP contribution in [0.5, 0.6) is 11.6 Å². The predicted molar refractivity (Wildman–Crippen MR) is 130 cm³/mol. The summed E-state index contributed by atoms with van der Waals surface area (Å²) < 4.78 is 11.8. The van der Waals surface area contributed by atoms with Crippen LogP contribution in [0.4, 0.5) is 0 Å². The number of benzene rings is 3. The first-order valence-electron chi connectivity index (χ1n) is 11.1. The summed E-state index contributed by atoms with van der Waals surface area (Å²) in [4.78, 5) is 0. The third-order valence-corrected chi connectivity index (χ3v) is 6.13. The van der Waals surface area contributed by atoms with Gasteiger partial charge in [-0.2, -0.15) is 5.26 Å². The minimum absolute atomic E-state index is 0.0631. The van der Waals surface area contributed by atoms with E-state index in [-0.39, 0.29) is 5.88 Å². The van der Waals surface area contributed by atoms with Gasteiger partial charge in [0.15, 0.2) is 0 Å². The lowest BCUT2D eigenvalue weighted by Crippen LogP contribution is -2.21. The average molecular weight is 449 g/mol. The molecular weight excluding hydrogens is 424 g/mol. The van der Waals surface area contributed by atoms with Crippen molar-refractivity contribution < 1.29 is 9.47 Å². The molecule has 3 aromatic carbocycles. The van der Waals surface area contributed by atoms with Crippen molar-refractivity contribution in [2.45, 2.75) is 26.4 Å². The Morgan fingerprint density at radius 3 is 2.62 bits per heavy atom. The maximum absolute atomic E-state index is 9.98. The molecule has 0 fully saturated rings. The van der Waals surface area contributed by atoms with Gasteiger partial charge in [-0.1, -0.05) is 66.2 Å². The fraction of sp³-hybridized carbons (Fsp3) is 0.143. The second-order valence-corrected chi connectivity index (χ2v) is 8.40. The Balaban J connectivity index is 1.55. The maximum atomic E-state index is 9.98. The van der Waals surface area contributed by atoms with Gasteiger partial charge in [-0.3, -0.25) is 5.10 Å². The van der Waals surface area contributed by atoms with Gasteiger partial charge >= 0.3 is 0 Å². The molecule has 1 aliphatic heterocycles. The van der Waals surface area contributed by atoms with Gasteiger partial charge in [0.1, 0.15) is 24.0 Å². The van der Waals surface area contributed by atoms with Crippen LogP contribution >= 0.6 is 0 Å². The molecule has 6 nitrogen and oxygen atoms in total. The molecule has 0 saturated carbocycles. The number of nitriles is 1. The third kappa shape index (κ3) is 3.89. The molecule has 4 aromatic rings. The van der Waals surface area contributed by atoms with Gasteiger partial charge in [0.25, 0.3) is 0 Å². The van der Waals surface area contributed by atoms with E-state index in [4.69, 9.17) is 15.2 Å². The second kappa shape index (κ2) is 8.80. The van der Waals surface area contributed by atoms with Crippen LogP contribution in [0.1, 0.15) is 33.7 Å². The highest BCUT2D eigenvalue weighted by Crippen LogP contribution is 2.46. The standard InChI is InChI=1S/C28H24N4O2/c1-17-10-12-19(13-11-17)26-25-24(23(15-29)27(30)34-28(25)32-31-26)20-8-5-9-22(14-20)33-16-21-7-4-3-6-18(21)2/h3-14,24H,16,30H2,1-2H3,(H,31,32)/t24-/m0/s1. The normalized spacial score (nSPS) is 14.8. The van der Waals surface area contributed by atoms with Gasteiger partial charge in [0.2, 0.25) is 11.8 Å². The van der Waals surface area contributed by atoms with Gasteiger partial charge in [0, 0.05) is 5.56 Å². The molecule has 0 radical (unpaired) electrons. The Hall–Kier alpha value is -4.50. The van der Waals surface area contributed by atoms with Gasteiger partial charge in [-0.15, -0.1) is 5.10 Å². The van der Waals surface area contributed by atoms with Crippen LogP contribution in [0.15, 0.2) is 84.3 Å². The Labute approximate surface area is 198 Å². The first kappa shape index (κ1) is 21.4. The van der Waals surface area contributed by atoms with E-state index in [9.17, 15) is 5.26 Å². The van der Waals surface area contributed by atoms with Crippen molar-refractivity contribution in [3.63, 3.8) is 0 Å². The molecule has 168 valence electrons. The third-order valence-electron chi connectivity index (χ3n) is 6.13. The van der Waals surface area contributed by atoms with E-state index < -0.39 is 5.92 Å². The number of aryl methyl sites for hydroxylation is 2. The number of hydrogen-bond donors (Lipinski definition) is 2. The largest absolute Gasteiger partial charge is 0.489 e. The second-order valence-electron chi connectivity index (χ2n) is 8.40. The number of rotatable bonds is 5. The van der Waals surface area contributed by atoms with Crippen LogP contribution in [-0.2, 0) is 6.61 Å². The highest BCUT2D eigenvalue weighted by molar-refractivity contribution is 5.71. The Morgan fingerprint density at radius 1 is 1.06 bits per heavy atom. The molecule has 3 N–H and O–H groups in total. The van der Waals surface area contributed by atoms with Crippen molar-refractivity contribution in [2.24, 2.45) is 5.73 Å². The van der Waals surface area contributed by atoms with Crippen LogP contribution in [0.2, 0.25) is 0 Å². The number of aromatic nitrogens is 2. The molecule has 0 unspecified atom stereocenters. The molecule has 1 aliphatic rings.